The van der Waals surface area contributed by atoms with Gasteiger partial charge in [-0.05, 0) is 30.5 Å². The van der Waals surface area contributed by atoms with Crippen LogP contribution >= 0.6 is 12.4 Å². The zero-order valence-corrected chi connectivity index (χ0v) is 9.47. The van der Waals surface area contributed by atoms with E-state index in [0.717, 1.165) is 24.0 Å². The van der Waals surface area contributed by atoms with Gasteiger partial charge < -0.3 is 10.8 Å². The molecule has 2 nitrogen and oxygen atoms in total. The maximum atomic E-state index is 9.31. The summed E-state index contributed by atoms with van der Waals surface area (Å²) < 4.78 is 0. The third-order valence-corrected chi connectivity index (χ3v) is 2.25. The smallest absolute Gasteiger partial charge is 0.118 e. The summed E-state index contributed by atoms with van der Waals surface area (Å²) in [6.07, 6.45) is 2.07. The Kier molecular flexibility index (Phi) is 5.58. The van der Waals surface area contributed by atoms with Crippen molar-refractivity contribution < 1.29 is 5.11 Å². The zero-order chi connectivity index (χ0) is 9.84. The van der Waals surface area contributed by atoms with Gasteiger partial charge in [0.1, 0.15) is 5.75 Å². The van der Waals surface area contributed by atoms with Crippen LogP contribution in [-0.2, 0) is 0 Å². The first-order chi connectivity index (χ1) is 6.15. The number of hydrogen-bond donors (Lipinski definition) is 2. The molecule has 0 heterocycles. The molecule has 0 aliphatic heterocycles. The monoisotopic (exact) mass is 215 g/mol. The van der Waals surface area contributed by atoms with Crippen LogP contribution in [0, 0.1) is 6.92 Å². The molecule has 0 aliphatic rings. The molecule has 1 aromatic carbocycles. The van der Waals surface area contributed by atoms with E-state index < -0.39 is 0 Å². The number of aromatic hydroxyl groups is 1. The third kappa shape index (κ3) is 3.20. The van der Waals surface area contributed by atoms with E-state index in [2.05, 4.69) is 6.92 Å². The quantitative estimate of drug-likeness (QED) is 0.815. The van der Waals surface area contributed by atoms with E-state index in [1.165, 1.54) is 0 Å². The summed E-state index contributed by atoms with van der Waals surface area (Å²) in [5.41, 5.74) is 7.94. The second kappa shape index (κ2) is 5.89. The van der Waals surface area contributed by atoms with Crippen molar-refractivity contribution in [2.24, 2.45) is 5.73 Å². The Labute approximate surface area is 91.5 Å². The van der Waals surface area contributed by atoms with E-state index in [4.69, 9.17) is 5.73 Å². The number of phenolic OH excluding ortho intramolecular Hbond substituents is 1. The number of phenols is 1. The Hall–Kier alpha value is -0.730. The highest BCUT2D eigenvalue weighted by molar-refractivity contribution is 5.85. The van der Waals surface area contributed by atoms with Crippen molar-refractivity contribution in [1.29, 1.82) is 0 Å². The Balaban J connectivity index is 0.00000169. The Morgan fingerprint density at radius 3 is 2.57 bits per heavy atom. The van der Waals surface area contributed by atoms with Crippen LogP contribution in [0.4, 0.5) is 0 Å². The summed E-state index contributed by atoms with van der Waals surface area (Å²) in [4.78, 5) is 0. The number of benzene rings is 1. The fourth-order valence-electron chi connectivity index (χ4n) is 1.39. The number of hydrogen-bond acceptors (Lipinski definition) is 2. The van der Waals surface area contributed by atoms with Gasteiger partial charge in [0.15, 0.2) is 0 Å². The van der Waals surface area contributed by atoms with Gasteiger partial charge in [-0.25, -0.2) is 0 Å². The molecule has 14 heavy (non-hydrogen) atoms. The highest BCUT2D eigenvalue weighted by Gasteiger charge is 2.05. The minimum absolute atomic E-state index is 0. The lowest BCUT2D eigenvalue weighted by atomic mass is 10.0. The lowest BCUT2D eigenvalue weighted by molar-refractivity contribution is 0.470. The predicted octanol–water partition coefficient (Wildman–Crippen LogP) is 2.92. The lowest BCUT2D eigenvalue weighted by Crippen LogP contribution is -2.09. The molecule has 0 unspecified atom stereocenters. The number of aryl methyl sites for hydroxylation is 1. The van der Waals surface area contributed by atoms with Crippen LogP contribution in [0.25, 0.3) is 0 Å². The summed E-state index contributed by atoms with van der Waals surface area (Å²) in [6.45, 7) is 4.00. The number of rotatable bonds is 3. The molecule has 3 N–H and O–H groups in total. The molecule has 1 aromatic rings. The average Bonchev–Trinajstić information content (AvgIpc) is 2.10. The van der Waals surface area contributed by atoms with E-state index in [0.29, 0.717) is 5.75 Å². The van der Waals surface area contributed by atoms with Crippen molar-refractivity contribution in [3.8, 4) is 5.75 Å². The number of halogens is 1. The van der Waals surface area contributed by atoms with Crippen molar-refractivity contribution in [2.75, 3.05) is 0 Å². The molecule has 0 spiro atoms. The Morgan fingerprint density at radius 1 is 1.43 bits per heavy atom. The standard InChI is InChI=1S/C11H17NO.ClH/c1-3-4-10(12)9-5-6-11(13)8(2)7-9;/h5-7,10,13H,3-4,12H2,1-2H3;1H/t10-;/m0./s1. The molecule has 0 aliphatic carbocycles. The second-order valence-electron chi connectivity index (χ2n) is 3.44. The number of nitrogens with two attached hydrogens (primary N) is 1. The molecule has 0 radical (unpaired) electrons. The fraction of sp³-hybridized carbons (Fsp3) is 0.455. The molecule has 80 valence electrons. The highest BCUT2D eigenvalue weighted by Crippen LogP contribution is 2.22. The van der Waals surface area contributed by atoms with E-state index in [1.807, 2.05) is 19.1 Å². The van der Waals surface area contributed by atoms with Gasteiger partial charge in [-0.1, -0.05) is 25.5 Å². The first kappa shape index (κ1) is 13.3. The van der Waals surface area contributed by atoms with Crippen LogP contribution in [0.3, 0.4) is 0 Å². The van der Waals surface area contributed by atoms with E-state index in [1.54, 1.807) is 6.07 Å². The van der Waals surface area contributed by atoms with Crippen molar-refractivity contribution in [3.05, 3.63) is 29.3 Å². The molecule has 1 rings (SSSR count). The molecule has 0 aromatic heterocycles. The van der Waals surface area contributed by atoms with Crippen molar-refractivity contribution in [3.63, 3.8) is 0 Å². The summed E-state index contributed by atoms with van der Waals surface area (Å²) in [5, 5.41) is 9.31. The van der Waals surface area contributed by atoms with Gasteiger partial charge in [0.05, 0.1) is 0 Å². The largest absolute Gasteiger partial charge is 0.508 e. The van der Waals surface area contributed by atoms with Crippen LogP contribution in [0.1, 0.15) is 36.9 Å². The van der Waals surface area contributed by atoms with E-state index in [9.17, 15) is 5.11 Å². The van der Waals surface area contributed by atoms with Crippen LogP contribution in [0.2, 0.25) is 0 Å². The molecule has 0 saturated carbocycles. The molecular weight excluding hydrogens is 198 g/mol. The zero-order valence-electron chi connectivity index (χ0n) is 8.66. The van der Waals surface area contributed by atoms with Crippen molar-refractivity contribution in [1.82, 2.24) is 0 Å². The summed E-state index contributed by atoms with van der Waals surface area (Å²) >= 11 is 0. The van der Waals surface area contributed by atoms with Gasteiger partial charge >= 0.3 is 0 Å². The minimum atomic E-state index is 0. The second-order valence-corrected chi connectivity index (χ2v) is 3.44. The normalized spacial score (nSPS) is 11.9. The first-order valence-corrected chi connectivity index (χ1v) is 4.70. The Morgan fingerprint density at radius 2 is 2.07 bits per heavy atom. The van der Waals surface area contributed by atoms with Gasteiger partial charge in [0, 0.05) is 6.04 Å². The summed E-state index contributed by atoms with van der Waals surface area (Å²) in [7, 11) is 0. The molecule has 0 bridgehead atoms. The fourth-order valence-corrected chi connectivity index (χ4v) is 1.39. The maximum absolute atomic E-state index is 9.31. The van der Waals surface area contributed by atoms with Gasteiger partial charge in [0.25, 0.3) is 0 Å². The topological polar surface area (TPSA) is 46.2 Å². The third-order valence-electron chi connectivity index (χ3n) is 2.25. The van der Waals surface area contributed by atoms with Crippen molar-refractivity contribution >= 4 is 12.4 Å². The van der Waals surface area contributed by atoms with Gasteiger partial charge in [-0.15, -0.1) is 12.4 Å². The molecule has 1 atom stereocenters. The minimum Gasteiger partial charge on any atom is -0.508 e. The maximum Gasteiger partial charge on any atom is 0.118 e. The molecule has 3 heteroatoms. The van der Waals surface area contributed by atoms with Crippen LogP contribution in [0.5, 0.6) is 5.75 Å². The molecule has 0 saturated heterocycles. The summed E-state index contributed by atoms with van der Waals surface area (Å²) in [6, 6.07) is 5.66. The SMILES string of the molecule is CCC[C@H](N)c1ccc(O)c(C)c1.Cl. The lowest BCUT2D eigenvalue weighted by Gasteiger charge is -2.11. The van der Waals surface area contributed by atoms with E-state index in [-0.39, 0.29) is 18.4 Å². The molecular formula is C11H18ClNO. The predicted molar refractivity (Wildman–Crippen MR) is 61.9 cm³/mol. The van der Waals surface area contributed by atoms with Crippen molar-refractivity contribution in [2.45, 2.75) is 32.7 Å². The van der Waals surface area contributed by atoms with Gasteiger partial charge in [-0.2, -0.15) is 0 Å². The van der Waals surface area contributed by atoms with Gasteiger partial charge in [0.2, 0.25) is 0 Å². The summed E-state index contributed by atoms with van der Waals surface area (Å²) in [5.74, 6) is 0.340. The molecule has 0 fully saturated rings. The average molecular weight is 216 g/mol. The van der Waals surface area contributed by atoms with Crippen LogP contribution in [0.15, 0.2) is 18.2 Å². The highest BCUT2D eigenvalue weighted by atomic mass is 35.5. The Bertz CT molecular complexity index is 289. The molecule has 0 amide bonds. The van der Waals surface area contributed by atoms with Crippen LogP contribution < -0.4 is 5.73 Å². The van der Waals surface area contributed by atoms with Gasteiger partial charge in [-0.3, -0.25) is 0 Å². The first-order valence-electron chi connectivity index (χ1n) is 4.70. The van der Waals surface area contributed by atoms with E-state index >= 15 is 0 Å². The van der Waals surface area contributed by atoms with Crippen LogP contribution in [-0.4, -0.2) is 5.11 Å².